The minimum absolute atomic E-state index is 0.235. The van der Waals surface area contributed by atoms with Crippen LogP contribution in [-0.4, -0.2) is 25.8 Å². The second-order valence-corrected chi connectivity index (χ2v) is 5.46. The Morgan fingerprint density at radius 3 is 2.25 bits per heavy atom. The van der Waals surface area contributed by atoms with Crippen LogP contribution in [0.4, 0.5) is 5.69 Å². The van der Waals surface area contributed by atoms with Crippen molar-refractivity contribution in [3.8, 4) is 0 Å². The monoisotopic (exact) mass is 242 g/mol. The third-order valence-corrected chi connectivity index (χ3v) is 4.82. The lowest BCUT2D eigenvalue weighted by atomic mass is 10.2. The third-order valence-electron chi connectivity index (χ3n) is 2.55. The number of sulfonamides is 1. The van der Waals surface area contributed by atoms with Gasteiger partial charge in [0.1, 0.15) is 4.90 Å². The maximum Gasteiger partial charge on any atom is 0.245 e. The molecule has 0 radical (unpaired) electrons. The van der Waals surface area contributed by atoms with Crippen LogP contribution in [0.3, 0.4) is 0 Å². The Morgan fingerprint density at radius 2 is 1.81 bits per heavy atom. The fraction of sp³-hybridized carbons (Fsp3) is 0.455. The molecule has 1 rings (SSSR count). The van der Waals surface area contributed by atoms with E-state index in [4.69, 9.17) is 5.73 Å². The zero-order chi connectivity index (χ0) is 12.3. The summed E-state index contributed by atoms with van der Waals surface area (Å²) in [5.41, 5.74) is 6.75. The van der Waals surface area contributed by atoms with Crippen LogP contribution in [0.25, 0.3) is 0 Å². The molecule has 0 amide bonds. The summed E-state index contributed by atoms with van der Waals surface area (Å²) < 4.78 is 26.0. The first-order chi connectivity index (χ1) is 7.45. The highest BCUT2D eigenvalue weighted by Gasteiger charge is 2.25. The van der Waals surface area contributed by atoms with Gasteiger partial charge in [-0.1, -0.05) is 26.0 Å². The highest BCUT2D eigenvalue weighted by Crippen LogP contribution is 2.25. The predicted molar refractivity (Wildman–Crippen MR) is 65.7 cm³/mol. The van der Waals surface area contributed by atoms with Crippen LogP contribution < -0.4 is 5.73 Å². The first kappa shape index (κ1) is 13.0. The lowest BCUT2D eigenvalue weighted by Crippen LogP contribution is -2.31. The van der Waals surface area contributed by atoms with Crippen LogP contribution >= 0.6 is 0 Å². The Labute approximate surface area is 97.1 Å². The average molecular weight is 242 g/mol. The molecule has 0 aromatic heterocycles. The van der Waals surface area contributed by atoms with Gasteiger partial charge in [0.05, 0.1) is 5.69 Å². The molecular weight excluding hydrogens is 224 g/mol. The van der Waals surface area contributed by atoms with Crippen molar-refractivity contribution in [2.45, 2.75) is 25.7 Å². The average Bonchev–Trinajstić information content (AvgIpc) is 2.18. The number of rotatable bonds is 4. The largest absolute Gasteiger partial charge is 0.398 e. The molecule has 90 valence electrons. The normalized spacial score (nSPS) is 12.0. The standard InChI is InChI=1S/C11H18N2O2S/c1-4-13(5-2)16(14,15)11-9(3)7-6-8-10(11)12/h6-8H,4-5,12H2,1-3H3. The SMILES string of the molecule is CCN(CC)S(=O)(=O)c1c(C)cccc1N. The minimum Gasteiger partial charge on any atom is -0.398 e. The van der Waals surface area contributed by atoms with Crippen LogP contribution in [-0.2, 0) is 10.0 Å². The van der Waals surface area contributed by atoms with E-state index in [1.165, 1.54) is 4.31 Å². The molecular formula is C11H18N2O2S. The van der Waals surface area contributed by atoms with Gasteiger partial charge in [-0.05, 0) is 18.6 Å². The van der Waals surface area contributed by atoms with Crippen molar-refractivity contribution >= 4 is 15.7 Å². The molecule has 1 aromatic carbocycles. The van der Waals surface area contributed by atoms with Gasteiger partial charge in [-0.15, -0.1) is 0 Å². The molecule has 0 aliphatic heterocycles. The van der Waals surface area contributed by atoms with Crippen LogP contribution in [0.1, 0.15) is 19.4 Å². The summed E-state index contributed by atoms with van der Waals surface area (Å²) in [7, 11) is -3.45. The molecule has 0 bridgehead atoms. The van der Waals surface area contributed by atoms with E-state index in [1.807, 2.05) is 13.8 Å². The van der Waals surface area contributed by atoms with E-state index in [9.17, 15) is 8.42 Å². The number of nitrogen functional groups attached to an aromatic ring is 1. The Balaban J connectivity index is 3.38. The summed E-state index contributed by atoms with van der Waals surface area (Å²) in [5.74, 6) is 0. The number of hydrogen-bond acceptors (Lipinski definition) is 3. The summed E-state index contributed by atoms with van der Waals surface area (Å²) in [6, 6.07) is 5.13. The number of aryl methyl sites for hydroxylation is 1. The summed E-state index contributed by atoms with van der Waals surface area (Å²) >= 11 is 0. The lowest BCUT2D eigenvalue weighted by Gasteiger charge is -2.20. The maximum absolute atomic E-state index is 12.3. The van der Waals surface area contributed by atoms with E-state index in [1.54, 1.807) is 25.1 Å². The highest BCUT2D eigenvalue weighted by molar-refractivity contribution is 7.89. The fourth-order valence-electron chi connectivity index (χ4n) is 1.72. The molecule has 4 nitrogen and oxygen atoms in total. The molecule has 2 N–H and O–H groups in total. The molecule has 0 spiro atoms. The van der Waals surface area contributed by atoms with Crippen LogP contribution in [0.15, 0.2) is 23.1 Å². The lowest BCUT2D eigenvalue weighted by molar-refractivity contribution is 0.445. The van der Waals surface area contributed by atoms with Gasteiger partial charge in [0.25, 0.3) is 0 Å². The first-order valence-corrected chi connectivity index (χ1v) is 6.74. The van der Waals surface area contributed by atoms with Gasteiger partial charge in [-0.3, -0.25) is 0 Å². The van der Waals surface area contributed by atoms with Gasteiger partial charge in [0.2, 0.25) is 10.0 Å². The van der Waals surface area contributed by atoms with Crippen LogP contribution in [0.5, 0.6) is 0 Å². The Bertz CT molecular complexity index is 445. The molecule has 0 unspecified atom stereocenters. The summed E-state index contributed by atoms with van der Waals surface area (Å²) in [4.78, 5) is 0.235. The second kappa shape index (κ2) is 4.84. The van der Waals surface area contributed by atoms with E-state index in [2.05, 4.69) is 0 Å². The van der Waals surface area contributed by atoms with Gasteiger partial charge in [-0.25, -0.2) is 8.42 Å². The molecule has 0 aliphatic rings. The number of hydrogen-bond donors (Lipinski definition) is 1. The van der Waals surface area contributed by atoms with Crippen molar-refractivity contribution in [3.63, 3.8) is 0 Å². The number of nitrogens with zero attached hydrogens (tertiary/aromatic N) is 1. The van der Waals surface area contributed by atoms with E-state index in [-0.39, 0.29) is 4.90 Å². The zero-order valence-electron chi connectivity index (χ0n) is 9.90. The molecule has 0 saturated carbocycles. The second-order valence-electron chi connectivity index (χ2n) is 3.58. The number of anilines is 1. The Morgan fingerprint density at radius 1 is 1.25 bits per heavy atom. The van der Waals surface area contributed by atoms with Crippen molar-refractivity contribution in [1.82, 2.24) is 4.31 Å². The van der Waals surface area contributed by atoms with E-state index in [0.717, 1.165) is 0 Å². The van der Waals surface area contributed by atoms with E-state index >= 15 is 0 Å². The summed E-state index contributed by atoms with van der Waals surface area (Å²) in [5, 5.41) is 0. The maximum atomic E-state index is 12.3. The highest BCUT2D eigenvalue weighted by atomic mass is 32.2. The molecule has 1 aromatic rings. The van der Waals surface area contributed by atoms with Gasteiger partial charge in [0, 0.05) is 13.1 Å². The zero-order valence-corrected chi connectivity index (χ0v) is 10.7. The van der Waals surface area contributed by atoms with Crippen LogP contribution in [0.2, 0.25) is 0 Å². The van der Waals surface area contributed by atoms with Crippen molar-refractivity contribution in [2.24, 2.45) is 0 Å². The molecule has 0 aliphatic carbocycles. The third kappa shape index (κ3) is 2.20. The van der Waals surface area contributed by atoms with E-state index in [0.29, 0.717) is 24.3 Å². The van der Waals surface area contributed by atoms with Crippen molar-refractivity contribution < 1.29 is 8.42 Å². The van der Waals surface area contributed by atoms with Gasteiger partial charge < -0.3 is 5.73 Å². The molecule has 0 heterocycles. The predicted octanol–water partition coefficient (Wildman–Crippen LogP) is 1.61. The number of benzene rings is 1. The Kier molecular flexibility index (Phi) is 3.93. The van der Waals surface area contributed by atoms with Gasteiger partial charge in [0.15, 0.2) is 0 Å². The van der Waals surface area contributed by atoms with Crippen molar-refractivity contribution in [3.05, 3.63) is 23.8 Å². The molecule has 0 fully saturated rings. The molecule has 16 heavy (non-hydrogen) atoms. The van der Waals surface area contributed by atoms with Gasteiger partial charge in [-0.2, -0.15) is 4.31 Å². The van der Waals surface area contributed by atoms with Crippen molar-refractivity contribution in [1.29, 1.82) is 0 Å². The quantitative estimate of drug-likeness (QED) is 0.816. The Hall–Kier alpha value is -1.07. The smallest absolute Gasteiger partial charge is 0.245 e. The molecule has 0 atom stereocenters. The molecule has 0 saturated heterocycles. The number of nitrogens with two attached hydrogens (primary N) is 1. The van der Waals surface area contributed by atoms with Gasteiger partial charge >= 0.3 is 0 Å². The fourth-order valence-corrected chi connectivity index (χ4v) is 3.50. The molecule has 5 heteroatoms. The van der Waals surface area contributed by atoms with E-state index < -0.39 is 10.0 Å². The van der Waals surface area contributed by atoms with Crippen LogP contribution in [0, 0.1) is 6.92 Å². The first-order valence-electron chi connectivity index (χ1n) is 5.30. The summed E-state index contributed by atoms with van der Waals surface area (Å²) in [6.45, 7) is 6.29. The topological polar surface area (TPSA) is 63.4 Å². The minimum atomic E-state index is -3.45. The van der Waals surface area contributed by atoms with Crippen molar-refractivity contribution in [2.75, 3.05) is 18.8 Å². The summed E-state index contributed by atoms with van der Waals surface area (Å²) in [6.07, 6.45) is 0.